The molecule has 5 rings (SSSR count). The molecule has 2 saturated heterocycles. The van der Waals surface area contributed by atoms with Crippen LogP contribution in [-0.4, -0.2) is 53.0 Å². The summed E-state index contributed by atoms with van der Waals surface area (Å²) in [5, 5.41) is 16.2. The Bertz CT molecular complexity index is 1230. The van der Waals surface area contributed by atoms with Gasteiger partial charge in [0.25, 0.3) is 5.79 Å². The number of benzene rings is 2. The minimum Gasteiger partial charge on any atom is -0.504 e. The van der Waals surface area contributed by atoms with Gasteiger partial charge in [0.2, 0.25) is 5.41 Å². The van der Waals surface area contributed by atoms with Crippen molar-refractivity contribution in [2.24, 2.45) is 10.5 Å². The highest BCUT2D eigenvalue weighted by molar-refractivity contribution is 6.07. The molecule has 3 heterocycles. The molecule has 9 nitrogen and oxygen atoms in total. The number of nitrogens with zero attached hydrogens (tertiary/aromatic N) is 2. The second-order valence-corrected chi connectivity index (χ2v) is 9.17. The average Bonchev–Trinajstić information content (AvgIpc) is 3.10. The monoisotopic (exact) mass is 464 g/mol. The fourth-order valence-electron chi connectivity index (χ4n) is 5.42. The number of hydrogen-bond donors (Lipinski definition) is 1. The van der Waals surface area contributed by atoms with Crippen molar-refractivity contribution in [3.8, 4) is 11.5 Å². The first-order chi connectivity index (χ1) is 16.1. The van der Waals surface area contributed by atoms with Gasteiger partial charge in [-0.3, -0.25) is 19.4 Å². The van der Waals surface area contributed by atoms with E-state index in [0.717, 1.165) is 5.56 Å². The van der Waals surface area contributed by atoms with Crippen LogP contribution in [0.4, 0.5) is 0 Å². The van der Waals surface area contributed by atoms with Crippen molar-refractivity contribution in [3.05, 3.63) is 59.2 Å². The number of phenols is 1. The molecule has 176 valence electrons. The van der Waals surface area contributed by atoms with Crippen LogP contribution in [0.5, 0.6) is 11.5 Å². The maximum Gasteiger partial charge on any atom is 0.330 e. The Morgan fingerprint density at radius 3 is 2.44 bits per heavy atom. The highest BCUT2D eigenvalue weighted by Crippen LogP contribution is 2.62. The molecule has 3 aliphatic rings. The van der Waals surface area contributed by atoms with Crippen LogP contribution >= 0.6 is 0 Å². The number of ether oxygens (including phenoxy) is 3. The standard InChI is InChI=1S/C25H24N2O7/c1-13(28)20-19(14-9-10-17(29)18(11-14)32-4)25(22(30)33-24(2,3)34-23(25)31)21-16-8-6-5-7-15(16)12-26-27(20)21/h5-12,19-21,29H,1-4H3/t19-,20-,21?/m1/s1. The number of carbonyl (C=O) groups is 3. The van der Waals surface area contributed by atoms with E-state index in [1.807, 2.05) is 12.1 Å². The van der Waals surface area contributed by atoms with E-state index in [1.54, 1.807) is 24.4 Å². The third-order valence-corrected chi connectivity index (χ3v) is 6.74. The Hall–Kier alpha value is -3.88. The summed E-state index contributed by atoms with van der Waals surface area (Å²) in [4.78, 5) is 40.9. The van der Waals surface area contributed by atoms with E-state index in [9.17, 15) is 19.5 Å². The topological polar surface area (TPSA) is 115 Å². The summed E-state index contributed by atoms with van der Waals surface area (Å²) in [5.41, 5.74) is -0.113. The van der Waals surface area contributed by atoms with E-state index >= 15 is 0 Å². The molecule has 0 bridgehead atoms. The number of aromatic hydroxyl groups is 1. The molecule has 0 radical (unpaired) electrons. The van der Waals surface area contributed by atoms with Gasteiger partial charge >= 0.3 is 11.9 Å². The molecule has 0 saturated carbocycles. The van der Waals surface area contributed by atoms with E-state index in [2.05, 4.69) is 5.10 Å². The predicted octanol–water partition coefficient (Wildman–Crippen LogP) is 2.67. The molecule has 3 aliphatic heterocycles. The third kappa shape index (κ3) is 2.85. The van der Waals surface area contributed by atoms with E-state index < -0.39 is 41.1 Å². The number of hydrazone groups is 1. The Labute approximate surface area is 195 Å². The van der Waals surface area contributed by atoms with Crippen molar-refractivity contribution in [3.63, 3.8) is 0 Å². The van der Waals surface area contributed by atoms with Crippen LogP contribution in [0.2, 0.25) is 0 Å². The number of rotatable bonds is 3. The molecule has 2 aromatic carbocycles. The zero-order valence-electron chi connectivity index (χ0n) is 19.1. The molecule has 1 N–H and O–H groups in total. The molecule has 0 aliphatic carbocycles. The smallest absolute Gasteiger partial charge is 0.330 e. The van der Waals surface area contributed by atoms with Gasteiger partial charge in [-0.05, 0) is 35.7 Å². The fourth-order valence-corrected chi connectivity index (χ4v) is 5.42. The number of esters is 2. The summed E-state index contributed by atoms with van der Waals surface area (Å²) in [6.45, 7) is 4.36. The summed E-state index contributed by atoms with van der Waals surface area (Å²) in [6, 6.07) is 9.82. The largest absolute Gasteiger partial charge is 0.504 e. The minimum atomic E-state index is -1.93. The van der Waals surface area contributed by atoms with Gasteiger partial charge in [0, 0.05) is 19.8 Å². The van der Waals surface area contributed by atoms with Crippen LogP contribution in [0.3, 0.4) is 0 Å². The van der Waals surface area contributed by atoms with E-state index in [0.29, 0.717) is 11.1 Å². The van der Waals surface area contributed by atoms with Gasteiger partial charge in [-0.25, -0.2) is 0 Å². The SMILES string of the molecule is COc1cc([C@@H]2[C@@H](C(C)=O)N3N=Cc4ccccc4C3C23C(=O)OC(C)(C)OC3=O)ccc1O. The molecule has 0 amide bonds. The quantitative estimate of drug-likeness (QED) is 0.545. The van der Waals surface area contributed by atoms with Gasteiger partial charge in [-0.1, -0.05) is 30.3 Å². The molecular formula is C25H24N2O7. The van der Waals surface area contributed by atoms with Gasteiger partial charge in [-0.2, -0.15) is 5.10 Å². The average molecular weight is 464 g/mol. The van der Waals surface area contributed by atoms with Crippen LogP contribution in [-0.2, 0) is 23.9 Å². The highest BCUT2D eigenvalue weighted by Gasteiger charge is 2.74. The Kier molecular flexibility index (Phi) is 4.72. The molecule has 1 spiro atoms. The van der Waals surface area contributed by atoms with Crippen LogP contribution in [0.15, 0.2) is 47.6 Å². The molecular weight excluding hydrogens is 440 g/mol. The lowest BCUT2D eigenvalue weighted by Crippen LogP contribution is -2.58. The van der Waals surface area contributed by atoms with Crippen LogP contribution < -0.4 is 4.74 Å². The predicted molar refractivity (Wildman–Crippen MR) is 119 cm³/mol. The first kappa shape index (κ1) is 21.9. The number of hydrogen-bond acceptors (Lipinski definition) is 9. The fraction of sp³-hybridized carbons (Fsp3) is 0.360. The van der Waals surface area contributed by atoms with Gasteiger partial charge in [0.15, 0.2) is 17.3 Å². The molecule has 2 aromatic rings. The van der Waals surface area contributed by atoms with Crippen LogP contribution in [0, 0.1) is 5.41 Å². The maximum absolute atomic E-state index is 13.9. The Morgan fingerprint density at radius 1 is 1.12 bits per heavy atom. The third-order valence-electron chi connectivity index (χ3n) is 6.74. The van der Waals surface area contributed by atoms with Crippen molar-refractivity contribution in [1.82, 2.24) is 5.01 Å². The first-order valence-electron chi connectivity index (χ1n) is 10.9. The lowest BCUT2D eigenvalue weighted by molar-refractivity contribution is -0.254. The van der Waals surface area contributed by atoms with Gasteiger partial charge in [0.1, 0.15) is 12.1 Å². The lowest BCUT2D eigenvalue weighted by atomic mass is 9.65. The Morgan fingerprint density at radius 2 is 1.79 bits per heavy atom. The van der Waals surface area contributed by atoms with Crippen molar-refractivity contribution < 1.29 is 33.7 Å². The molecule has 9 heteroatoms. The minimum absolute atomic E-state index is 0.117. The Balaban J connectivity index is 1.83. The number of cyclic esters (lactones) is 2. The van der Waals surface area contributed by atoms with Crippen molar-refractivity contribution in [2.45, 2.75) is 44.6 Å². The zero-order chi connectivity index (χ0) is 24.4. The summed E-state index contributed by atoms with van der Waals surface area (Å²) >= 11 is 0. The van der Waals surface area contributed by atoms with Crippen molar-refractivity contribution in [1.29, 1.82) is 0 Å². The highest BCUT2D eigenvalue weighted by atomic mass is 16.7. The van der Waals surface area contributed by atoms with Crippen molar-refractivity contribution >= 4 is 23.9 Å². The normalized spacial score (nSPS) is 25.9. The zero-order valence-corrected chi connectivity index (χ0v) is 19.1. The molecule has 34 heavy (non-hydrogen) atoms. The van der Waals surface area contributed by atoms with Gasteiger partial charge < -0.3 is 19.3 Å². The van der Waals surface area contributed by atoms with Gasteiger partial charge in [-0.15, -0.1) is 0 Å². The number of methoxy groups -OCH3 is 1. The lowest BCUT2D eigenvalue weighted by Gasteiger charge is -2.44. The van der Waals surface area contributed by atoms with Crippen LogP contribution in [0.25, 0.3) is 0 Å². The number of carbonyl (C=O) groups excluding carboxylic acids is 3. The summed E-state index contributed by atoms with van der Waals surface area (Å²) < 4.78 is 16.6. The maximum atomic E-state index is 13.9. The van der Waals surface area contributed by atoms with Crippen molar-refractivity contribution in [2.75, 3.05) is 7.11 Å². The second-order valence-electron chi connectivity index (χ2n) is 9.17. The summed E-state index contributed by atoms with van der Waals surface area (Å²) in [6.07, 6.45) is 1.61. The summed E-state index contributed by atoms with van der Waals surface area (Å²) in [7, 11) is 1.39. The number of fused-ring (bicyclic) bond motifs is 4. The second kappa shape index (κ2) is 7.31. The first-order valence-corrected chi connectivity index (χ1v) is 10.9. The molecule has 2 fully saturated rings. The number of ketones is 1. The van der Waals surface area contributed by atoms with E-state index in [1.165, 1.54) is 45.0 Å². The number of Topliss-reactive ketones (excluding diaryl/α,β-unsaturated/α-hetero) is 1. The number of phenolic OH excluding ortho intramolecular Hbond substituents is 1. The van der Waals surface area contributed by atoms with E-state index in [4.69, 9.17) is 14.2 Å². The molecule has 0 aromatic heterocycles. The van der Waals surface area contributed by atoms with Crippen LogP contribution in [0.1, 0.15) is 49.4 Å². The van der Waals surface area contributed by atoms with E-state index in [-0.39, 0.29) is 17.3 Å². The molecule has 3 atom stereocenters. The molecule has 1 unspecified atom stereocenters. The van der Waals surface area contributed by atoms with Gasteiger partial charge in [0.05, 0.1) is 13.3 Å². The summed E-state index contributed by atoms with van der Waals surface area (Å²) in [5.74, 6) is -4.35.